The van der Waals surface area contributed by atoms with E-state index in [9.17, 15) is 9.90 Å². The smallest absolute Gasteiger partial charge is 0.310 e. The van der Waals surface area contributed by atoms with E-state index in [0.717, 1.165) is 32.5 Å². The third kappa shape index (κ3) is 4.37. The fourth-order valence-corrected chi connectivity index (χ4v) is 2.96. The first-order chi connectivity index (χ1) is 10.6. The van der Waals surface area contributed by atoms with Gasteiger partial charge in [0.15, 0.2) is 0 Å². The predicted octanol–water partition coefficient (Wildman–Crippen LogP) is 2.51. The molecule has 0 aliphatic carbocycles. The van der Waals surface area contributed by atoms with Gasteiger partial charge < -0.3 is 19.5 Å². The normalized spacial score (nSPS) is 17.9. The summed E-state index contributed by atoms with van der Waals surface area (Å²) in [4.78, 5) is 13.9. The molecule has 1 aromatic rings. The molecule has 2 rings (SSSR count). The molecule has 0 saturated carbocycles. The molecule has 0 bridgehead atoms. The van der Waals surface area contributed by atoms with E-state index in [4.69, 9.17) is 9.47 Å². The molecule has 0 spiro atoms. The molecule has 22 heavy (non-hydrogen) atoms. The number of benzene rings is 1. The lowest BCUT2D eigenvalue weighted by Gasteiger charge is -2.33. The van der Waals surface area contributed by atoms with Crippen LogP contribution in [0, 0.1) is 11.8 Å². The molecule has 1 N–H and O–H groups in total. The van der Waals surface area contributed by atoms with Crippen LogP contribution in [-0.4, -0.2) is 49.3 Å². The number of hydrogen-bond acceptors (Lipinski definition) is 4. The van der Waals surface area contributed by atoms with E-state index in [1.54, 1.807) is 13.2 Å². The van der Waals surface area contributed by atoms with Crippen molar-refractivity contribution in [3.8, 4) is 11.5 Å². The number of rotatable bonds is 7. The van der Waals surface area contributed by atoms with Gasteiger partial charge in [0.05, 0.1) is 13.0 Å². The molecule has 1 aromatic carbocycles. The van der Waals surface area contributed by atoms with Crippen LogP contribution in [0.15, 0.2) is 24.3 Å². The lowest BCUT2D eigenvalue weighted by atomic mass is 9.84. The van der Waals surface area contributed by atoms with Crippen LogP contribution in [0.25, 0.3) is 0 Å². The summed E-state index contributed by atoms with van der Waals surface area (Å²) in [5.74, 6) is 0.325. The molecular formula is C17H25NO4. The van der Waals surface area contributed by atoms with Gasteiger partial charge in [-0.3, -0.25) is 4.79 Å². The van der Waals surface area contributed by atoms with E-state index in [0.29, 0.717) is 11.5 Å². The second-order valence-corrected chi connectivity index (χ2v) is 5.71. The molecule has 0 aromatic heterocycles. The zero-order valence-corrected chi connectivity index (χ0v) is 13.3. The Morgan fingerprint density at radius 3 is 2.64 bits per heavy atom. The van der Waals surface area contributed by atoms with Gasteiger partial charge in [0.25, 0.3) is 0 Å². The van der Waals surface area contributed by atoms with Gasteiger partial charge in [0.2, 0.25) is 0 Å². The monoisotopic (exact) mass is 307 g/mol. The zero-order valence-electron chi connectivity index (χ0n) is 13.3. The second kappa shape index (κ2) is 8.03. The Kier molecular flexibility index (Phi) is 6.07. The molecule has 1 aliphatic rings. The lowest BCUT2D eigenvalue weighted by molar-refractivity contribution is -0.145. The quantitative estimate of drug-likeness (QED) is 0.839. The van der Waals surface area contributed by atoms with E-state index >= 15 is 0 Å². The van der Waals surface area contributed by atoms with Crippen LogP contribution in [0.2, 0.25) is 0 Å². The van der Waals surface area contributed by atoms with Crippen LogP contribution in [-0.2, 0) is 4.79 Å². The van der Waals surface area contributed by atoms with Crippen molar-refractivity contribution < 1.29 is 19.4 Å². The standard InChI is InChI=1S/C17H25NO4/c1-3-18-9-7-13(8-10-18)16(17(19)20)12-22-15-6-4-5-14(11-15)21-2/h4-6,11,13,16H,3,7-10,12H2,1-2H3,(H,19,20). The Morgan fingerprint density at radius 2 is 2.05 bits per heavy atom. The molecule has 1 atom stereocenters. The van der Waals surface area contributed by atoms with Gasteiger partial charge in [-0.25, -0.2) is 0 Å². The molecule has 0 amide bonds. The summed E-state index contributed by atoms with van der Waals surface area (Å²) in [6.07, 6.45) is 1.85. The van der Waals surface area contributed by atoms with Gasteiger partial charge in [-0.2, -0.15) is 0 Å². The highest BCUT2D eigenvalue weighted by Crippen LogP contribution is 2.27. The molecule has 1 heterocycles. The third-order valence-corrected chi connectivity index (χ3v) is 4.44. The van der Waals surface area contributed by atoms with E-state index < -0.39 is 11.9 Å². The summed E-state index contributed by atoms with van der Waals surface area (Å²) in [6, 6.07) is 7.27. The molecule has 0 radical (unpaired) electrons. The summed E-state index contributed by atoms with van der Waals surface area (Å²) >= 11 is 0. The molecule has 5 heteroatoms. The number of likely N-dealkylation sites (tertiary alicyclic amines) is 1. The molecule has 122 valence electrons. The van der Waals surface area contributed by atoms with Crippen molar-refractivity contribution in [1.29, 1.82) is 0 Å². The molecule has 1 saturated heterocycles. The highest BCUT2D eigenvalue weighted by molar-refractivity contribution is 5.70. The minimum absolute atomic E-state index is 0.186. The van der Waals surface area contributed by atoms with Crippen molar-refractivity contribution >= 4 is 5.97 Å². The first kappa shape index (κ1) is 16.6. The summed E-state index contributed by atoms with van der Waals surface area (Å²) in [7, 11) is 1.60. The zero-order chi connectivity index (χ0) is 15.9. The van der Waals surface area contributed by atoms with Crippen LogP contribution in [0.4, 0.5) is 0 Å². The minimum Gasteiger partial charge on any atom is -0.497 e. The number of aliphatic carboxylic acids is 1. The van der Waals surface area contributed by atoms with E-state index in [1.165, 1.54) is 0 Å². The molecule has 5 nitrogen and oxygen atoms in total. The van der Waals surface area contributed by atoms with Gasteiger partial charge in [-0.1, -0.05) is 13.0 Å². The van der Waals surface area contributed by atoms with Crippen LogP contribution < -0.4 is 9.47 Å². The van der Waals surface area contributed by atoms with Crippen molar-refractivity contribution in [2.75, 3.05) is 33.4 Å². The average molecular weight is 307 g/mol. The Morgan fingerprint density at radius 1 is 1.36 bits per heavy atom. The maximum absolute atomic E-state index is 11.6. The number of carbonyl (C=O) groups is 1. The first-order valence-electron chi connectivity index (χ1n) is 7.86. The minimum atomic E-state index is -0.766. The Balaban J connectivity index is 1.93. The fraction of sp³-hybridized carbons (Fsp3) is 0.588. The van der Waals surface area contributed by atoms with E-state index in [1.807, 2.05) is 18.2 Å². The topological polar surface area (TPSA) is 59.0 Å². The average Bonchev–Trinajstić information content (AvgIpc) is 2.55. The lowest BCUT2D eigenvalue weighted by Crippen LogP contribution is -2.39. The fourth-order valence-electron chi connectivity index (χ4n) is 2.96. The van der Waals surface area contributed by atoms with Gasteiger partial charge in [-0.05, 0) is 50.5 Å². The number of ether oxygens (including phenoxy) is 2. The van der Waals surface area contributed by atoms with E-state index in [-0.39, 0.29) is 12.5 Å². The van der Waals surface area contributed by atoms with Crippen molar-refractivity contribution in [1.82, 2.24) is 4.90 Å². The molecule has 1 aliphatic heterocycles. The molecule has 1 unspecified atom stereocenters. The number of piperidine rings is 1. The van der Waals surface area contributed by atoms with Crippen LogP contribution >= 0.6 is 0 Å². The van der Waals surface area contributed by atoms with Crippen LogP contribution in [0.1, 0.15) is 19.8 Å². The SMILES string of the molecule is CCN1CCC(C(COc2cccc(OC)c2)C(=O)O)CC1. The number of methoxy groups -OCH3 is 1. The molecule has 1 fully saturated rings. The van der Waals surface area contributed by atoms with Crippen LogP contribution in [0.3, 0.4) is 0 Å². The van der Waals surface area contributed by atoms with Crippen molar-refractivity contribution in [2.45, 2.75) is 19.8 Å². The van der Waals surface area contributed by atoms with E-state index in [2.05, 4.69) is 11.8 Å². The molecular weight excluding hydrogens is 282 g/mol. The second-order valence-electron chi connectivity index (χ2n) is 5.71. The van der Waals surface area contributed by atoms with Crippen molar-refractivity contribution in [2.24, 2.45) is 11.8 Å². The number of nitrogens with zero attached hydrogens (tertiary/aromatic N) is 1. The van der Waals surface area contributed by atoms with Crippen molar-refractivity contribution in [3.05, 3.63) is 24.3 Å². The van der Waals surface area contributed by atoms with Crippen LogP contribution in [0.5, 0.6) is 11.5 Å². The predicted molar refractivity (Wildman–Crippen MR) is 84.5 cm³/mol. The number of carboxylic acids is 1. The Hall–Kier alpha value is -1.75. The van der Waals surface area contributed by atoms with Gasteiger partial charge in [-0.15, -0.1) is 0 Å². The summed E-state index contributed by atoms with van der Waals surface area (Å²) < 4.78 is 10.9. The van der Waals surface area contributed by atoms with Crippen molar-refractivity contribution in [3.63, 3.8) is 0 Å². The Bertz CT molecular complexity index is 483. The van der Waals surface area contributed by atoms with Gasteiger partial charge in [0.1, 0.15) is 18.1 Å². The largest absolute Gasteiger partial charge is 0.497 e. The summed E-state index contributed by atoms with van der Waals surface area (Å²) in [6.45, 7) is 5.33. The number of hydrogen-bond donors (Lipinski definition) is 1. The van der Waals surface area contributed by atoms with Gasteiger partial charge in [0, 0.05) is 6.07 Å². The summed E-state index contributed by atoms with van der Waals surface area (Å²) in [5.41, 5.74) is 0. The highest BCUT2D eigenvalue weighted by atomic mass is 16.5. The van der Waals surface area contributed by atoms with Gasteiger partial charge >= 0.3 is 5.97 Å². The third-order valence-electron chi connectivity index (χ3n) is 4.44. The Labute approximate surface area is 131 Å². The number of carboxylic acid groups (broad SMARTS) is 1. The first-order valence-corrected chi connectivity index (χ1v) is 7.86. The highest BCUT2D eigenvalue weighted by Gasteiger charge is 2.31. The summed E-state index contributed by atoms with van der Waals surface area (Å²) in [5, 5.41) is 9.51. The maximum atomic E-state index is 11.6. The maximum Gasteiger partial charge on any atom is 0.310 e.